The van der Waals surface area contributed by atoms with E-state index in [1.54, 1.807) is 32.1 Å². The minimum atomic E-state index is -0.935. The molecule has 2 aliphatic heterocycles. The number of rotatable bonds is 9. The van der Waals surface area contributed by atoms with Gasteiger partial charge in [-0.05, 0) is 63.4 Å². The van der Waals surface area contributed by atoms with Gasteiger partial charge in [-0.15, -0.1) is 0 Å². The van der Waals surface area contributed by atoms with Gasteiger partial charge in [0.05, 0.1) is 11.8 Å². The van der Waals surface area contributed by atoms with Crippen molar-refractivity contribution in [1.29, 1.82) is 0 Å². The number of primary amides is 1. The number of nitrogens with zero attached hydrogens (tertiary/aromatic N) is 1. The number of allylic oxidation sites excluding steroid dienone is 5. The number of amides is 4. The van der Waals surface area contributed by atoms with Gasteiger partial charge < -0.3 is 20.9 Å². The monoisotopic (exact) mass is 705 g/mol. The largest absolute Gasteiger partial charge is 0.441 e. The number of nitrogens with two attached hydrogens (primary N) is 1. The minimum Gasteiger partial charge on any atom is -0.441 e. The number of aliphatic hydroxyl groups is 1. The molecule has 0 unspecified atom stereocenters. The Morgan fingerprint density at radius 2 is 1.63 bits per heavy atom. The van der Waals surface area contributed by atoms with E-state index >= 15 is 0 Å². The highest BCUT2D eigenvalue weighted by Gasteiger charge is 2.32. The van der Waals surface area contributed by atoms with Gasteiger partial charge in [0.1, 0.15) is 11.9 Å². The third kappa shape index (κ3) is 11.4. The Hall–Kier alpha value is -4.71. The topological polar surface area (TPSA) is 190 Å². The van der Waals surface area contributed by atoms with Gasteiger partial charge in [0.25, 0.3) is 17.7 Å². The number of ether oxygens (including phenoxy) is 1. The number of nitrogens with one attached hydrogen (secondary N) is 1. The minimum absolute atomic E-state index is 0.0842. The molecule has 0 aromatic rings. The average Bonchev–Trinajstić information content (AvgIpc) is 3.38. The van der Waals surface area contributed by atoms with Crippen molar-refractivity contribution >= 4 is 41.2 Å². The Morgan fingerprint density at radius 3 is 2.27 bits per heavy atom. The summed E-state index contributed by atoms with van der Waals surface area (Å²) in [6.07, 6.45) is 9.77. The van der Waals surface area contributed by atoms with E-state index in [2.05, 4.69) is 5.32 Å². The zero-order chi connectivity index (χ0) is 38.0. The van der Waals surface area contributed by atoms with Crippen molar-refractivity contribution in [2.75, 3.05) is 6.54 Å². The van der Waals surface area contributed by atoms with Crippen molar-refractivity contribution < 1.29 is 43.4 Å². The molecule has 12 heteroatoms. The van der Waals surface area contributed by atoms with Crippen molar-refractivity contribution in [3.05, 3.63) is 70.5 Å². The van der Waals surface area contributed by atoms with Crippen molar-refractivity contribution in [1.82, 2.24) is 10.2 Å². The van der Waals surface area contributed by atoms with Crippen LogP contribution in [0.2, 0.25) is 0 Å². The Morgan fingerprint density at radius 1 is 0.980 bits per heavy atom. The summed E-state index contributed by atoms with van der Waals surface area (Å²) in [7, 11) is 0. The summed E-state index contributed by atoms with van der Waals surface area (Å²) in [6, 6.07) is 0. The lowest BCUT2D eigenvalue weighted by molar-refractivity contribution is -0.137. The fourth-order valence-electron chi connectivity index (χ4n) is 6.83. The quantitative estimate of drug-likeness (QED) is 0.176. The molecule has 0 fully saturated rings. The standard InChI is InChI=1S/C39H51N3O9/c1-22-18-25(4)35(47)26(5)20-27(6)37(51-39(40)50)23(2)10-7-11-24(3)38(49)41-31-21-32(44)29(30(19-22)36(31)48)14-8-12-28(43)13-9-17-42-33(45)15-16-34(42)46/h7,10-11,15-16,20-23,25-26,35,37,47H,8-9,12-14,17-19H2,1-6H3,(H2,40,50)(H,41,49)/b10-7-,24-11+,27-20+/t22-,23-,25-,26-,35-,37+/m0/s1. The van der Waals surface area contributed by atoms with E-state index < -0.39 is 47.6 Å². The summed E-state index contributed by atoms with van der Waals surface area (Å²) < 4.78 is 5.42. The predicted octanol–water partition coefficient (Wildman–Crippen LogP) is 4.49. The number of ketones is 3. The van der Waals surface area contributed by atoms with Crippen molar-refractivity contribution in [2.24, 2.45) is 29.4 Å². The molecule has 0 spiro atoms. The molecule has 1 aliphatic carbocycles. The summed E-state index contributed by atoms with van der Waals surface area (Å²) in [4.78, 5) is 89.4. The van der Waals surface area contributed by atoms with Crippen LogP contribution in [-0.4, -0.2) is 69.9 Å². The fourth-order valence-corrected chi connectivity index (χ4v) is 6.83. The van der Waals surface area contributed by atoms with Crippen LogP contribution < -0.4 is 11.1 Å². The number of carbonyl (C=O) groups is 7. The molecule has 3 aliphatic rings. The maximum atomic E-state index is 13.9. The van der Waals surface area contributed by atoms with Gasteiger partial charge in [-0.1, -0.05) is 52.0 Å². The van der Waals surface area contributed by atoms with Gasteiger partial charge in [-0.25, -0.2) is 4.79 Å². The smallest absolute Gasteiger partial charge is 0.405 e. The Kier molecular flexibility index (Phi) is 14.8. The zero-order valence-electron chi connectivity index (χ0n) is 30.4. The highest BCUT2D eigenvalue weighted by atomic mass is 16.6. The molecule has 12 nitrogen and oxygen atoms in total. The molecule has 0 aromatic carbocycles. The lowest BCUT2D eigenvalue weighted by atomic mass is 9.80. The Balaban J connectivity index is 1.84. The van der Waals surface area contributed by atoms with E-state index in [-0.39, 0.29) is 78.5 Å². The summed E-state index contributed by atoms with van der Waals surface area (Å²) in [5.74, 6) is -3.35. The molecule has 6 atom stereocenters. The SMILES string of the molecule is C/C1=C\C=C/[C@H](C)[C@@H](OC(N)=O)/C(C)=C/[C@H](C)[C@@H](O)[C@@H](C)C[C@H](C)CC2=C(CCCC(=O)CCCN3C(=O)C=CC3=O)C(=O)C=C(NC1=O)C2=O. The molecule has 0 radical (unpaired) electrons. The molecule has 0 saturated carbocycles. The lowest BCUT2D eigenvalue weighted by Gasteiger charge is -2.28. The number of aliphatic hydroxyl groups excluding tert-OH is 1. The summed E-state index contributed by atoms with van der Waals surface area (Å²) in [6.45, 7) is 11.1. The van der Waals surface area contributed by atoms with E-state index in [4.69, 9.17) is 10.5 Å². The van der Waals surface area contributed by atoms with Gasteiger partial charge in [0.2, 0.25) is 5.78 Å². The number of hydrogen-bond acceptors (Lipinski definition) is 9. The number of carbonyl (C=O) groups excluding carboxylic acids is 7. The second-order valence-corrected chi connectivity index (χ2v) is 14.1. The van der Waals surface area contributed by atoms with Crippen LogP contribution in [0.3, 0.4) is 0 Å². The van der Waals surface area contributed by atoms with E-state index in [0.29, 0.717) is 30.4 Å². The molecule has 51 heavy (non-hydrogen) atoms. The van der Waals surface area contributed by atoms with Crippen LogP contribution in [0.15, 0.2) is 70.5 Å². The molecule has 2 bridgehead atoms. The first kappa shape index (κ1) is 40.7. The van der Waals surface area contributed by atoms with Crippen molar-refractivity contribution in [2.45, 2.75) is 98.7 Å². The fraction of sp³-hybridized carbons (Fsp3) is 0.513. The predicted molar refractivity (Wildman–Crippen MR) is 190 cm³/mol. The van der Waals surface area contributed by atoms with Crippen molar-refractivity contribution in [3.8, 4) is 0 Å². The van der Waals surface area contributed by atoms with E-state index in [9.17, 15) is 38.7 Å². The number of Topliss-reactive ketones (excluding diaryl/α,β-unsaturated/α-hetero) is 2. The second kappa shape index (κ2) is 18.5. The van der Waals surface area contributed by atoms with E-state index in [0.717, 1.165) is 11.0 Å². The summed E-state index contributed by atoms with van der Waals surface area (Å²) >= 11 is 0. The highest BCUT2D eigenvalue weighted by Crippen LogP contribution is 2.32. The molecule has 4 amide bonds. The van der Waals surface area contributed by atoms with Crippen LogP contribution in [-0.2, 0) is 33.5 Å². The molecule has 2 heterocycles. The molecule has 4 N–H and O–H groups in total. The normalized spacial score (nSPS) is 29.6. The Bertz CT molecular complexity index is 1590. The third-order valence-electron chi connectivity index (χ3n) is 9.59. The van der Waals surface area contributed by atoms with Crippen LogP contribution in [0.4, 0.5) is 4.79 Å². The van der Waals surface area contributed by atoms with Crippen LogP contribution >= 0.6 is 0 Å². The lowest BCUT2D eigenvalue weighted by Crippen LogP contribution is -2.33. The van der Waals surface area contributed by atoms with Gasteiger partial charge in [-0.2, -0.15) is 0 Å². The molecular weight excluding hydrogens is 654 g/mol. The molecular formula is C39H51N3O9. The zero-order valence-corrected chi connectivity index (χ0v) is 30.4. The van der Waals surface area contributed by atoms with Crippen molar-refractivity contribution in [3.63, 3.8) is 0 Å². The summed E-state index contributed by atoms with van der Waals surface area (Å²) in [5, 5.41) is 13.9. The number of hydrogen-bond donors (Lipinski definition) is 3. The first-order chi connectivity index (χ1) is 24.0. The number of imide groups is 1. The maximum Gasteiger partial charge on any atom is 0.405 e. The average molecular weight is 706 g/mol. The molecule has 0 saturated heterocycles. The van der Waals surface area contributed by atoms with E-state index in [1.165, 1.54) is 12.2 Å². The van der Waals surface area contributed by atoms with Gasteiger partial charge in [0, 0.05) is 66.2 Å². The van der Waals surface area contributed by atoms with Gasteiger partial charge >= 0.3 is 6.09 Å². The van der Waals surface area contributed by atoms with Gasteiger partial charge in [-0.3, -0.25) is 33.7 Å². The van der Waals surface area contributed by atoms with Crippen LogP contribution in [0.25, 0.3) is 0 Å². The Labute approximate surface area is 299 Å². The molecule has 3 rings (SSSR count). The first-order valence-electron chi connectivity index (χ1n) is 17.6. The number of fused-ring (bicyclic) bond motifs is 2. The molecule has 276 valence electrons. The van der Waals surface area contributed by atoms with Crippen LogP contribution in [0.1, 0.15) is 86.5 Å². The van der Waals surface area contributed by atoms with E-state index in [1.807, 2.05) is 33.8 Å². The first-order valence-corrected chi connectivity index (χ1v) is 17.6. The highest BCUT2D eigenvalue weighted by molar-refractivity contribution is 6.23. The van der Waals surface area contributed by atoms with Crippen LogP contribution in [0, 0.1) is 23.7 Å². The van der Waals surface area contributed by atoms with Gasteiger partial charge in [0.15, 0.2) is 5.78 Å². The molecule has 0 aromatic heterocycles. The van der Waals surface area contributed by atoms with Crippen LogP contribution in [0.5, 0.6) is 0 Å². The maximum absolute atomic E-state index is 13.9. The third-order valence-corrected chi connectivity index (χ3v) is 9.59. The summed E-state index contributed by atoms with van der Waals surface area (Å²) in [5.41, 5.74) is 6.79. The second-order valence-electron chi connectivity index (χ2n) is 14.1.